The number of thiocarbonyl (C=S) groups is 1. The molecule has 12 heavy (non-hydrogen) atoms. The normalized spacial score (nSPS) is 8.33. The third-order valence-corrected chi connectivity index (χ3v) is 1.25. The van der Waals surface area contributed by atoms with Crippen LogP contribution in [0.2, 0.25) is 0 Å². The molecule has 0 atom stereocenters. The van der Waals surface area contributed by atoms with E-state index in [2.05, 4.69) is 22.2 Å². The maximum atomic E-state index is 11.0. The third-order valence-electron chi connectivity index (χ3n) is 1.18. The zero-order valence-corrected chi connectivity index (χ0v) is 6.88. The van der Waals surface area contributed by atoms with E-state index in [-0.39, 0.29) is 0 Å². The molecule has 60 valence electrons. The predicted molar refractivity (Wildman–Crippen MR) is 46.9 cm³/mol. The van der Waals surface area contributed by atoms with Gasteiger partial charge in [0.1, 0.15) is 5.16 Å². The number of benzene rings is 1. The zero-order valence-electron chi connectivity index (χ0n) is 6.06. The number of nitrogens with zero attached hydrogens (tertiary/aromatic N) is 1. The first-order valence-electron chi connectivity index (χ1n) is 3.18. The van der Waals surface area contributed by atoms with E-state index in [4.69, 9.17) is 0 Å². The van der Waals surface area contributed by atoms with Crippen LogP contribution in [0.1, 0.15) is 10.4 Å². The van der Waals surface area contributed by atoms with E-state index in [0.717, 1.165) is 0 Å². The first-order valence-corrected chi connectivity index (χ1v) is 3.59. The largest absolute Gasteiger partial charge is 0.366 e. The van der Waals surface area contributed by atoms with E-state index >= 15 is 0 Å². The minimum atomic E-state index is -0.534. The van der Waals surface area contributed by atoms with Gasteiger partial charge >= 0.3 is 5.97 Å². The fourth-order valence-electron chi connectivity index (χ4n) is 0.687. The second-order valence-electron chi connectivity index (χ2n) is 1.93. The molecule has 0 aliphatic heterocycles. The van der Waals surface area contributed by atoms with Crippen LogP contribution in [0, 0.1) is 0 Å². The summed E-state index contributed by atoms with van der Waals surface area (Å²) in [6, 6.07) is 8.52. The van der Waals surface area contributed by atoms with Crippen LogP contribution in [-0.4, -0.2) is 11.1 Å². The lowest BCUT2D eigenvalue weighted by Crippen LogP contribution is -1.99. The maximum Gasteiger partial charge on any atom is 0.366 e. The van der Waals surface area contributed by atoms with Crippen LogP contribution < -0.4 is 0 Å². The summed E-state index contributed by atoms with van der Waals surface area (Å²) in [5.41, 5.74) is 0.437. The minimum absolute atomic E-state index is 0.437. The van der Waals surface area contributed by atoms with Gasteiger partial charge in [-0.1, -0.05) is 18.2 Å². The van der Waals surface area contributed by atoms with Gasteiger partial charge in [0.05, 0.1) is 5.56 Å². The second kappa shape index (κ2) is 4.38. The quantitative estimate of drug-likeness (QED) is 0.301. The van der Waals surface area contributed by atoms with Crippen molar-refractivity contribution in [2.24, 2.45) is 5.16 Å². The van der Waals surface area contributed by atoms with Gasteiger partial charge in [-0.15, -0.1) is 0 Å². The highest BCUT2D eigenvalue weighted by atomic mass is 32.1. The Morgan fingerprint density at radius 1 is 1.42 bits per heavy atom. The molecule has 0 spiro atoms. The summed E-state index contributed by atoms with van der Waals surface area (Å²) >= 11 is 4.23. The second-order valence-corrected chi connectivity index (χ2v) is 2.11. The van der Waals surface area contributed by atoms with Crippen LogP contribution in [-0.2, 0) is 4.84 Å². The van der Waals surface area contributed by atoms with Crippen molar-refractivity contribution < 1.29 is 9.63 Å². The van der Waals surface area contributed by atoms with E-state index in [0.29, 0.717) is 5.56 Å². The Morgan fingerprint density at radius 2 is 2.08 bits per heavy atom. The Hall–Kier alpha value is -1.51. The Labute approximate surface area is 74.6 Å². The molecule has 0 bridgehead atoms. The molecule has 1 aromatic carbocycles. The van der Waals surface area contributed by atoms with E-state index < -0.39 is 5.97 Å². The SMILES string of the molecule is O=C(ON=C=S)c1ccccc1. The molecule has 0 aliphatic carbocycles. The van der Waals surface area contributed by atoms with Gasteiger partial charge in [-0.25, -0.2) is 4.79 Å². The molecular weight excluding hydrogens is 174 g/mol. The number of hydrogen-bond donors (Lipinski definition) is 0. The lowest BCUT2D eigenvalue weighted by Gasteiger charge is -1.93. The van der Waals surface area contributed by atoms with E-state index in [1.54, 1.807) is 30.3 Å². The van der Waals surface area contributed by atoms with Gasteiger partial charge < -0.3 is 4.84 Å². The summed E-state index contributed by atoms with van der Waals surface area (Å²) in [7, 11) is 0. The molecule has 1 rings (SSSR count). The first kappa shape index (κ1) is 8.59. The molecular formula is C8H5NO2S. The average molecular weight is 179 g/mol. The van der Waals surface area contributed by atoms with Crippen LogP contribution in [0.5, 0.6) is 0 Å². The van der Waals surface area contributed by atoms with Gasteiger partial charge in [0.25, 0.3) is 0 Å². The molecule has 1 aromatic rings. The molecule has 0 saturated carbocycles. The smallest absolute Gasteiger partial charge is 0.303 e. The lowest BCUT2D eigenvalue weighted by molar-refractivity contribution is 0.0520. The molecule has 0 aliphatic rings. The zero-order chi connectivity index (χ0) is 8.81. The van der Waals surface area contributed by atoms with Crippen molar-refractivity contribution in [1.82, 2.24) is 0 Å². The van der Waals surface area contributed by atoms with Crippen molar-refractivity contribution in [3.63, 3.8) is 0 Å². The van der Waals surface area contributed by atoms with Crippen LogP contribution in [0.15, 0.2) is 35.5 Å². The van der Waals surface area contributed by atoms with Gasteiger partial charge in [0, 0.05) is 0 Å². The highest BCUT2D eigenvalue weighted by Crippen LogP contribution is 2.00. The highest BCUT2D eigenvalue weighted by Gasteiger charge is 2.03. The fraction of sp³-hybridized carbons (Fsp3) is 0. The van der Waals surface area contributed by atoms with Crippen molar-refractivity contribution >= 4 is 23.3 Å². The van der Waals surface area contributed by atoms with E-state index in [9.17, 15) is 4.79 Å². The number of carbonyl (C=O) groups excluding carboxylic acids is 1. The van der Waals surface area contributed by atoms with Gasteiger partial charge in [-0.2, -0.15) is 0 Å². The Morgan fingerprint density at radius 3 is 2.67 bits per heavy atom. The van der Waals surface area contributed by atoms with E-state index in [1.807, 2.05) is 5.16 Å². The van der Waals surface area contributed by atoms with Gasteiger partial charge in [-0.3, -0.25) is 0 Å². The first-order chi connectivity index (χ1) is 5.84. The Kier molecular flexibility index (Phi) is 3.14. The van der Waals surface area contributed by atoms with Gasteiger partial charge in [0.2, 0.25) is 0 Å². The summed E-state index contributed by atoms with van der Waals surface area (Å²) in [6.45, 7) is 0. The molecule has 0 aromatic heterocycles. The number of isothiocyanates is 1. The molecule has 3 nitrogen and oxygen atoms in total. The van der Waals surface area contributed by atoms with Crippen molar-refractivity contribution in [3.8, 4) is 0 Å². The summed E-state index contributed by atoms with van der Waals surface area (Å²) in [5.74, 6) is -0.534. The fourth-order valence-corrected chi connectivity index (χ4v) is 0.724. The summed E-state index contributed by atoms with van der Waals surface area (Å²) in [6.07, 6.45) is 0. The molecule has 0 unspecified atom stereocenters. The summed E-state index contributed by atoms with van der Waals surface area (Å²) in [4.78, 5) is 15.3. The molecule has 4 heteroatoms. The van der Waals surface area contributed by atoms with Crippen LogP contribution in [0.25, 0.3) is 0 Å². The van der Waals surface area contributed by atoms with Crippen molar-refractivity contribution in [3.05, 3.63) is 35.9 Å². The van der Waals surface area contributed by atoms with Crippen LogP contribution in [0.4, 0.5) is 0 Å². The number of carbonyl (C=O) groups is 1. The van der Waals surface area contributed by atoms with Crippen molar-refractivity contribution in [2.75, 3.05) is 0 Å². The van der Waals surface area contributed by atoms with Gasteiger partial charge in [-0.05, 0) is 29.5 Å². The predicted octanol–water partition coefficient (Wildman–Crippen LogP) is 1.86. The maximum absolute atomic E-state index is 11.0. The summed E-state index contributed by atoms with van der Waals surface area (Å²) < 4.78 is 0. The molecule has 0 N–H and O–H groups in total. The summed E-state index contributed by atoms with van der Waals surface area (Å²) in [5, 5.41) is 5.00. The van der Waals surface area contributed by atoms with Gasteiger partial charge in [0.15, 0.2) is 0 Å². The third kappa shape index (κ3) is 2.27. The minimum Gasteiger partial charge on any atom is -0.303 e. The topological polar surface area (TPSA) is 38.7 Å². The van der Waals surface area contributed by atoms with Crippen molar-refractivity contribution in [1.29, 1.82) is 0 Å². The van der Waals surface area contributed by atoms with E-state index in [1.165, 1.54) is 0 Å². The standard InChI is InChI=1S/C8H5NO2S/c10-8(11-9-6-12)7-4-2-1-3-5-7/h1-5H. The number of rotatable bonds is 2. The van der Waals surface area contributed by atoms with Crippen LogP contribution >= 0.6 is 12.2 Å². The molecule has 0 heterocycles. The molecule has 0 fully saturated rings. The Bertz CT molecular complexity index is 317. The molecule has 0 radical (unpaired) electrons. The van der Waals surface area contributed by atoms with Crippen LogP contribution in [0.3, 0.4) is 0 Å². The molecule has 0 saturated heterocycles. The highest BCUT2D eigenvalue weighted by molar-refractivity contribution is 7.78. The number of hydrogen-bond acceptors (Lipinski definition) is 4. The molecule has 0 amide bonds. The average Bonchev–Trinajstić information content (AvgIpc) is 2.15. The monoisotopic (exact) mass is 179 g/mol. The van der Waals surface area contributed by atoms with Crippen molar-refractivity contribution in [2.45, 2.75) is 0 Å². The lowest BCUT2D eigenvalue weighted by atomic mass is 10.2. The Balaban J connectivity index is 2.72.